The van der Waals surface area contributed by atoms with Crippen molar-refractivity contribution in [1.29, 1.82) is 0 Å². The smallest absolute Gasteiger partial charge is 0.258 e. The standard InChI is InChI=1S/C26H30ClN3O2S/c1-2-3-6-18-9-11-19(12-10-18)26(32)29-22-7-4-5-8-23(22)33-17-21-15-25(31)30-16-20(27)13-14-24(30)28-21/h4-5,7-8,13-16,18-19H,2-3,6,9-12,17H2,1H3,(H,29,32). The lowest BCUT2D eigenvalue weighted by Crippen LogP contribution is -2.27. The second kappa shape index (κ2) is 11.2. The first-order valence-electron chi connectivity index (χ1n) is 11.7. The molecular weight excluding hydrogens is 454 g/mol. The molecule has 1 fully saturated rings. The molecule has 3 aromatic rings. The van der Waals surface area contributed by atoms with E-state index in [1.807, 2.05) is 24.3 Å². The number of halogens is 1. The van der Waals surface area contributed by atoms with Gasteiger partial charge < -0.3 is 5.32 Å². The van der Waals surface area contributed by atoms with E-state index in [4.69, 9.17) is 11.6 Å². The van der Waals surface area contributed by atoms with E-state index in [1.54, 1.807) is 30.1 Å². The summed E-state index contributed by atoms with van der Waals surface area (Å²) < 4.78 is 1.45. The van der Waals surface area contributed by atoms with Gasteiger partial charge in [0.15, 0.2) is 0 Å². The number of benzene rings is 1. The van der Waals surface area contributed by atoms with Crippen LogP contribution in [0.5, 0.6) is 0 Å². The monoisotopic (exact) mass is 483 g/mol. The molecule has 0 radical (unpaired) electrons. The molecule has 5 nitrogen and oxygen atoms in total. The Labute approximate surface area is 204 Å². The van der Waals surface area contributed by atoms with E-state index in [1.165, 1.54) is 29.7 Å². The van der Waals surface area contributed by atoms with E-state index in [2.05, 4.69) is 17.2 Å². The van der Waals surface area contributed by atoms with Crippen molar-refractivity contribution in [1.82, 2.24) is 9.38 Å². The van der Waals surface area contributed by atoms with Crippen LogP contribution in [0.1, 0.15) is 57.6 Å². The highest BCUT2D eigenvalue weighted by Gasteiger charge is 2.26. The maximum absolute atomic E-state index is 12.9. The van der Waals surface area contributed by atoms with Gasteiger partial charge in [-0.25, -0.2) is 4.98 Å². The first kappa shape index (κ1) is 23.8. The molecule has 1 amide bonds. The molecule has 0 saturated heterocycles. The van der Waals surface area contributed by atoms with Crippen molar-refractivity contribution in [2.75, 3.05) is 5.32 Å². The van der Waals surface area contributed by atoms with Crippen LogP contribution >= 0.6 is 23.4 Å². The highest BCUT2D eigenvalue weighted by Crippen LogP contribution is 2.34. The number of amides is 1. The molecule has 4 rings (SSSR count). The molecule has 1 aliphatic carbocycles. The number of carbonyl (C=O) groups excluding carboxylic acids is 1. The maximum atomic E-state index is 12.9. The number of hydrogen-bond acceptors (Lipinski definition) is 4. The van der Waals surface area contributed by atoms with Crippen LogP contribution in [0.4, 0.5) is 5.69 Å². The number of unbranched alkanes of at least 4 members (excludes halogenated alkanes) is 1. The van der Waals surface area contributed by atoms with Gasteiger partial charge in [0.05, 0.1) is 16.4 Å². The molecule has 0 unspecified atom stereocenters. The van der Waals surface area contributed by atoms with Gasteiger partial charge >= 0.3 is 0 Å². The summed E-state index contributed by atoms with van der Waals surface area (Å²) in [5.41, 5.74) is 1.93. The van der Waals surface area contributed by atoms with E-state index in [-0.39, 0.29) is 17.4 Å². The summed E-state index contributed by atoms with van der Waals surface area (Å²) in [6.07, 6.45) is 9.67. The third-order valence-corrected chi connectivity index (χ3v) is 7.71. The molecule has 2 aromatic heterocycles. The quantitative estimate of drug-likeness (QED) is 0.368. The minimum absolute atomic E-state index is 0.0926. The predicted octanol–water partition coefficient (Wildman–Crippen LogP) is 6.58. The SMILES string of the molecule is CCCCC1CCC(C(=O)Nc2ccccc2SCc2cc(=O)n3cc(Cl)ccc3n2)CC1. The van der Waals surface area contributed by atoms with Crippen LogP contribution in [0.25, 0.3) is 5.65 Å². The summed E-state index contributed by atoms with van der Waals surface area (Å²) in [5.74, 6) is 1.53. The number of anilines is 1. The first-order valence-corrected chi connectivity index (χ1v) is 13.1. The third-order valence-electron chi connectivity index (χ3n) is 6.38. The number of rotatable bonds is 8. The van der Waals surface area contributed by atoms with Crippen molar-refractivity contribution < 1.29 is 4.79 Å². The first-order chi connectivity index (χ1) is 16.0. The van der Waals surface area contributed by atoms with Gasteiger partial charge in [0.25, 0.3) is 5.56 Å². The van der Waals surface area contributed by atoms with E-state index in [9.17, 15) is 9.59 Å². The number of nitrogens with zero attached hydrogens (tertiary/aromatic N) is 2. The molecule has 0 bridgehead atoms. The molecule has 0 spiro atoms. The number of carbonyl (C=O) groups is 1. The molecule has 174 valence electrons. The van der Waals surface area contributed by atoms with Gasteiger partial charge in [-0.1, -0.05) is 49.9 Å². The Kier molecular flexibility index (Phi) is 8.10. The minimum Gasteiger partial charge on any atom is -0.325 e. The predicted molar refractivity (Wildman–Crippen MR) is 136 cm³/mol. The number of para-hydroxylation sites is 1. The van der Waals surface area contributed by atoms with Crippen molar-refractivity contribution in [3.8, 4) is 0 Å². The summed E-state index contributed by atoms with van der Waals surface area (Å²) >= 11 is 7.55. The fourth-order valence-electron chi connectivity index (χ4n) is 4.49. The van der Waals surface area contributed by atoms with E-state index >= 15 is 0 Å². The van der Waals surface area contributed by atoms with Crippen molar-refractivity contribution in [3.63, 3.8) is 0 Å². The van der Waals surface area contributed by atoms with E-state index in [0.29, 0.717) is 22.1 Å². The van der Waals surface area contributed by atoms with Crippen molar-refractivity contribution in [2.24, 2.45) is 11.8 Å². The lowest BCUT2D eigenvalue weighted by atomic mass is 9.79. The van der Waals surface area contributed by atoms with Gasteiger partial charge in [-0.2, -0.15) is 0 Å². The second-order valence-corrected chi connectivity index (χ2v) is 10.2. The summed E-state index contributed by atoms with van der Waals surface area (Å²) in [7, 11) is 0. The van der Waals surface area contributed by atoms with Gasteiger partial charge in [0, 0.05) is 28.8 Å². The molecule has 2 heterocycles. The fraction of sp³-hybridized carbons (Fsp3) is 0.423. The minimum atomic E-state index is -0.158. The van der Waals surface area contributed by atoms with Crippen LogP contribution in [-0.2, 0) is 10.5 Å². The average Bonchev–Trinajstić information content (AvgIpc) is 2.83. The average molecular weight is 484 g/mol. The normalized spacial score (nSPS) is 18.4. The largest absolute Gasteiger partial charge is 0.325 e. The van der Waals surface area contributed by atoms with Crippen molar-refractivity contribution in [3.05, 3.63) is 69.7 Å². The Morgan fingerprint density at radius 1 is 1.18 bits per heavy atom. The number of fused-ring (bicyclic) bond motifs is 1. The maximum Gasteiger partial charge on any atom is 0.258 e. The van der Waals surface area contributed by atoms with E-state index < -0.39 is 0 Å². The summed E-state index contributed by atoms with van der Waals surface area (Å²) in [6, 6.07) is 12.8. The van der Waals surface area contributed by atoms with Crippen LogP contribution in [0.3, 0.4) is 0 Å². The molecule has 1 aliphatic rings. The van der Waals surface area contributed by atoms with Crippen LogP contribution < -0.4 is 10.9 Å². The molecule has 7 heteroatoms. The fourth-order valence-corrected chi connectivity index (χ4v) is 5.55. The number of hydrogen-bond donors (Lipinski definition) is 1. The lowest BCUT2D eigenvalue weighted by molar-refractivity contribution is -0.121. The third kappa shape index (κ3) is 6.18. The van der Waals surface area contributed by atoms with Gasteiger partial charge in [0.2, 0.25) is 5.91 Å². The second-order valence-electron chi connectivity index (χ2n) is 8.80. The summed E-state index contributed by atoms with van der Waals surface area (Å²) in [6.45, 7) is 2.24. The molecular formula is C26H30ClN3O2S. The van der Waals surface area contributed by atoms with Gasteiger partial charge in [-0.15, -0.1) is 11.8 Å². The number of nitrogens with one attached hydrogen (secondary N) is 1. The van der Waals surface area contributed by atoms with Gasteiger partial charge in [-0.3, -0.25) is 14.0 Å². The Bertz CT molecular complexity index is 1170. The topological polar surface area (TPSA) is 63.5 Å². The molecule has 1 saturated carbocycles. The number of pyridine rings is 1. The summed E-state index contributed by atoms with van der Waals surface area (Å²) in [4.78, 5) is 30.9. The molecule has 1 N–H and O–H groups in total. The Morgan fingerprint density at radius 2 is 1.97 bits per heavy atom. The van der Waals surface area contributed by atoms with Gasteiger partial charge in [-0.05, 0) is 55.9 Å². The molecule has 1 aromatic carbocycles. The number of thioether (sulfide) groups is 1. The highest BCUT2D eigenvalue weighted by atomic mass is 35.5. The van der Waals surface area contributed by atoms with E-state index in [0.717, 1.165) is 42.2 Å². The zero-order chi connectivity index (χ0) is 23.2. The summed E-state index contributed by atoms with van der Waals surface area (Å²) in [5, 5.41) is 3.65. The Hall–Kier alpha value is -2.31. The zero-order valence-corrected chi connectivity index (χ0v) is 20.5. The molecule has 0 atom stereocenters. The molecule has 33 heavy (non-hydrogen) atoms. The highest BCUT2D eigenvalue weighted by molar-refractivity contribution is 7.98. The van der Waals surface area contributed by atoms with Crippen LogP contribution in [0.15, 0.2) is 58.4 Å². The van der Waals surface area contributed by atoms with Crippen molar-refractivity contribution >= 4 is 40.6 Å². The number of aromatic nitrogens is 2. The van der Waals surface area contributed by atoms with Crippen molar-refractivity contribution in [2.45, 2.75) is 62.5 Å². The van der Waals surface area contributed by atoms with Crippen LogP contribution in [0, 0.1) is 11.8 Å². The Balaban J connectivity index is 1.39. The zero-order valence-electron chi connectivity index (χ0n) is 18.9. The Morgan fingerprint density at radius 3 is 2.76 bits per heavy atom. The van der Waals surface area contributed by atoms with Crippen LogP contribution in [-0.4, -0.2) is 15.3 Å². The lowest BCUT2D eigenvalue weighted by Gasteiger charge is -2.28. The van der Waals surface area contributed by atoms with Crippen LogP contribution in [0.2, 0.25) is 5.02 Å². The molecule has 0 aliphatic heterocycles. The van der Waals surface area contributed by atoms with Gasteiger partial charge in [0.1, 0.15) is 5.65 Å².